The molecule has 0 heterocycles. The lowest BCUT2D eigenvalue weighted by molar-refractivity contribution is -0.138. The van der Waals surface area contributed by atoms with E-state index in [1.807, 2.05) is 0 Å². The summed E-state index contributed by atoms with van der Waals surface area (Å²) in [6.45, 7) is 4.60. The van der Waals surface area contributed by atoms with Gasteiger partial charge in [0.1, 0.15) is 12.6 Å². The van der Waals surface area contributed by atoms with Crippen LogP contribution < -0.4 is 4.90 Å². The van der Waals surface area contributed by atoms with Crippen LogP contribution in [0.4, 0.5) is 32.0 Å². The van der Waals surface area contributed by atoms with E-state index in [2.05, 4.69) is 0 Å². The summed E-state index contributed by atoms with van der Waals surface area (Å²) in [5.74, 6) is -0.685. The molecule has 1 aromatic carbocycles. The Hall–Kier alpha value is -2.44. The van der Waals surface area contributed by atoms with E-state index in [9.17, 15) is 31.1 Å². The van der Waals surface area contributed by atoms with Gasteiger partial charge in [-0.15, -0.1) is 0 Å². The molecule has 0 aliphatic heterocycles. The van der Waals surface area contributed by atoms with Gasteiger partial charge in [0, 0.05) is 18.3 Å². The van der Waals surface area contributed by atoms with Gasteiger partial charge in [0.2, 0.25) is 5.91 Å². The Morgan fingerprint density at radius 2 is 1.68 bits per heavy atom. The minimum atomic E-state index is -4.93. The van der Waals surface area contributed by atoms with E-state index >= 15 is 0 Å². The van der Waals surface area contributed by atoms with Crippen molar-refractivity contribution in [3.05, 3.63) is 29.3 Å². The smallest absolute Gasteiger partial charge is 0.351 e. The summed E-state index contributed by atoms with van der Waals surface area (Å²) in [6, 6.07) is 2.22. The minimum Gasteiger partial charge on any atom is -0.351 e. The maximum atomic E-state index is 13.2. The third-order valence-electron chi connectivity index (χ3n) is 4.27. The zero-order valence-electron chi connectivity index (χ0n) is 16.0. The Morgan fingerprint density at radius 1 is 1.14 bits per heavy atom. The molecule has 1 aromatic rings. The van der Waals surface area contributed by atoms with Gasteiger partial charge >= 0.3 is 12.4 Å². The monoisotopic (exact) mass is 409 g/mol. The number of nitrogens with zero attached hydrogens (tertiary/aromatic N) is 3. The first kappa shape index (κ1) is 23.6. The van der Waals surface area contributed by atoms with Gasteiger partial charge < -0.3 is 9.80 Å². The second kappa shape index (κ2) is 7.89. The van der Waals surface area contributed by atoms with Gasteiger partial charge in [-0.3, -0.25) is 4.79 Å². The van der Waals surface area contributed by atoms with Crippen LogP contribution in [0.1, 0.15) is 38.8 Å². The second-order valence-electron chi connectivity index (χ2n) is 7.33. The molecule has 0 fully saturated rings. The highest BCUT2D eigenvalue weighted by Gasteiger charge is 2.39. The second-order valence-corrected chi connectivity index (χ2v) is 7.33. The zero-order chi connectivity index (χ0) is 22.1. The van der Waals surface area contributed by atoms with Crippen LogP contribution >= 0.6 is 0 Å². The first-order chi connectivity index (χ1) is 12.5. The first-order valence-electron chi connectivity index (χ1n) is 8.21. The lowest BCUT2D eigenvalue weighted by Crippen LogP contribution is -2.53. The maximum absolute atomic E-state index is 13.2. The van der Waals surface area contributed by atoms with Crippen molar-refractivity contribution in [2.75, 3.05) is 18.5 Å². The molecule has 0 aliphatic rings. The highest BCUT2D eigenvalue weighted by molar-refractivity contribution is 5.85. The number of amides is 1. The molecule has 4 nitrogen and oxygen atoms in total. The van der Waals surface area contributed by atoms with Crippen LogP contribution in [0.5, 0.6) is 0 Å². The van der Waals surface area contributed by atoms with Crippen molar-refractivity contribution in [2.24, 2.45) is 0 Å². The van der Waals surface area contributed by atoms with Crippen LogP contribution in [-0.4, -0.2) is 42.2 Å². The van der Waals surface area contributed by atoms with Gasteiger partial charge in [-0.1, -0.05) is 0 Å². The van der Waals surface area contributed by atoms with Crippen LogP contribution in [-0.2, 0) is 11.0 Å². The SMILES string of the molecule is CC(C(=O)N(C)C(C)(C)C)N(CC(F)(F)F)c1ccc(C#N)c(C(F)(F)F)c1. The number of likely N-dealkylation sites (N-methyl/N-ethyl adjacent to an activating group) is 1. The Labute approximate surface area is 159 Å². The minimum absolute atomic E-state index is 0.452. The first-order valence-corrected chi connectivity index (χ1v) is 8.21. The van der Waals surface area contributed by atoms with Crippen molar-refractivity contribution in [3.8, 4) is 6.07 Å². The molecule has 1 unspecified atom stereocenters. The number of alkyl halides is 6. The van der Waals surface area contributed by atoms with Crippen molar-refractivity contribution in [1.82, 2.24) is 4.90 Å². The lowest BCUT2D eigenvalue weighted by atomic mass is 10.0. The molecule has 0 aliphatic carbocycles. The topological polar surface area (TPSA) is 47.3 Å². The summed E-state index contributed by atoms with van der Waals surface area (Å²) in [4.78, 5) is 14.4. The molecule has 1 atom stereocenters. The molecule has 0 spiro atoms. The van der Waals surface area contributed by atoms with Crippen molar-refractivity contribution in [3.63, 3.8) is 0 Å². The number of carbonyl (C=O) groups excluding carboxylic acids is 1. The number of rotatable bonds is 4. The summed E-state index contributed by atoms with van der Waals surface area (Å²) in [6.07, 6.45) is -9.69. The molecule has 0 N–H and O–H groups in total. The van der Waals surface area contributed by atoms with Gasteiger partial charge in [0.25, 0.3) is 0 Å². The predicted octanol–water partition coefficient (Wildman–Crippen LogP) is 4.59. The number of benzene rings is 1. The van der Waals surface area contributed by atoms with Gasteiger partial charge in [0.05, 0.1) is 17.2 Å². The van der Waals surface area contributed by atoms with Crippen molar-refractivity contribution in [1.29, 1.82) is 5.26 Å². The van der Waals surface area contributed by atoms with Crippen LogP contribution in [0.3, 0.4) is 0 Å². The highest BCUT2D eigenvalue weighted by atomic mass is 19.4. The normalized spacial score (nSPS) is 13.6. The van der Waals surface area contributed by atoms with Crippen LogP contribution in [0.15, 0.2) is 18.2 Å². The Balaban J connectivity index is 3.48. The summed E-state index contributed by atoms with van der Waals surface area (Å²) in [5.41, 5.74) is -3.22. The number of hydrogen-bond donors (Lipinski definition) is 0. The van der Waals surface area contributed by atoms with E-state index < -0.39 is 53.2 Å². The molecular formula is C18H21F6N3O. The standard InChI is InChI=1S/C18H21F6N3O/c1-11(15(28)26(5)16(2,3)4)27(10-17(19,20)21)13-7-6-12(9-25)14(8-13)18(22,23)24/h6-8,11H,10H2,1-5H3. The molecule has 0 saturated carbocycles. The number of hydrogen-bond acceptors (Lipinski definition) is 3. The summed E-state index contributed by atoms with van der Waals surface area (Å²) in [5, 5.41) is 8.85. The van der Waals surface area contributed by atoms with Gasteiger partial charge in [-0.05, 0) is 45.9 Å². The Bertz CT molecular complexity index is 759. The molecule has 1 rings (SSSR count). The van der Waals surface area contributed by atoms with Crippen molar-refractivity contribution >= 4 is 11.6 Å². The summed E-state index contributed by atoms with van der Waals surface area (Å²) >= 11 is 0. The van der Waals surface area contributed by atoms with Gasteiger partial charge in [0.15, 0.2) is 0 Å². The average Bonchev–Trinajstić information content (AvgIpc) is 2.54. The van der Waals surface area contributed by atoms with E-state index in [0.717, 1.165) is 12.1 Å². The molecule has 0 bridgehead atoms. The Kier molecular flexibility index (Phi) is 6.65. The number of nitriles is 1. The Morgan fingerprint density at radius 3 is 2.07 bits per heavy atom. The van der Waals surface area contributed by atoms with Crippen molar-refractivity contribution < 1.29 is 31.1 Å². The van der Waals surface area contributed by atoms with Gasteiger partial charge in [-0.2, -0.15) is 31.6 Å². The maximum Gasteiger partial charge on any atom is 0.417 e. The average molecular weight is 409 g/mol. The zero-order valence-corrected chi connectivity index (χ0v) is 16.0. The summed E-state index contributed by atoms with van der Waals surface area (Å²) in [7, 11) is 1.41. The van der Waals surface area contributed by atoms with Crippen LogP contribution in [0.25, 0.3) is 0 Å². The van der Waals surface area contributed by atoms with E-state index in [1.54, 1.807) is 20.8 Å². The van der Waals surface area contributed by atoms with Crippen LogP contribution in [0, 0.1) is 11.3 Å². The fraction of sp³-hybridized carbons (Fsp3) is 0.556. The molecule has 28 heavy (non-hydrogen) atoms. The molecule has 0 aromatic heterocycles. The number of anilines is 1. The highest BCUT2D eigenvalue weighted by Crippen LogP contribution is 2.36. The fourth-order valence-electron chi connectivity index (χ4n) is 2.43. The van der Waals surface area contributed by atoms with E-state index in [1.165, 1.54) is 24.9 Å². The third kappa shape index (κ3) is 5.78. The van der Waals surface area contributed by atoms with Crippen LogP contribution in [0.2, 0.25) is 0 Å². The molecule has 156 valence electrons. The molecule has 1 amide bonds. The van der Waals surface area contributed by atoms with Gasteiger partial charge in [-0.25, -0.2) is 0 Å². The largest absolute Gasteiger partial charge is 0.417 e. The molecule has 10 heteroatoms. The lowest BCUT2D eigenvalue weighted by Gasteiger charge is -2.38. The van der Waals surface area contributed by atoms with E-state index in [-0.39, 0.29) is 0 Å². The van der Waals surface area contributed by atoms with Crippen molar-refractivity contribution in [2.45, 2.75) is 51.6 Å². The fourth-order valence-corrected chi connectivity index (χ4v) is 2.43. The molecule has 0 radical (unpaired) electrons. The molecular weight excluding hydrogens is 388 g/mol. The third-order valence-corrected chi connectivity index (χ3v) is 4.27. The van der Waals surface area contributed by atoms with E-state index in [4.69, 9.17) is 5.26 Å². The summed E-state index contributed by atoms with van der Waals surface area (Å²) < 4.78 is 78.8. The predicted molar refractivity (Wildman–Crippen MR) is 91.5 cm³/mol. The molecule has 0 saturated heterocycles. The number of carbonyl (C=O) groups is 1. The van der Waals surface area contributed by atoms with E-state index in [0.29, 0.717) is 11.0 Å². The quantitative estimate of drug-likeness (QED) is 0.684. The number of halogens is 6.